The number of carbonyl (C=O) groups is 1. The van der Waals surface area contributed by atoms with E-state index in [9.17, 15) is 18.0 Å². The maximum Gasteiger partial charge on any atom is 0.417 e. The van der Waals surface area contributed by atoms with Gasteiger partial charge in [-0.15, -0.1) is 0 Å². The normalized spacial score (nSPS) is 15.5. The second-order valence-electron chi connectivity index (χ2n) is 8.41. The summed E-state index contributed by atoms with van der Waals surface area (Å²) >= 11 is 0. The van der Waals surface area contributed by atoms with Gasteiger partial charge in [0.1, 0.15) is 0 Å². The molecule has 174 valence electrons. The standard InChI is InChI=1S/C24H26F3N5O/c1-16-5-3-4-6-18(16)15-31-11-9-20(10-12-31)30-23(33)21-14-29-32(17(21)2)22-8-7-19(13-28-22)24(25,26)27/h3-8,13-14,20H,9-12,15H2,1-2H3,(H,30,33). The molecule has 1 aliphatic heterocycles. The summed E-state index contributed by atoms with van der Waals surface area (Å²) in [6.45, 7) is 6.51. The van der Waals surface area contributed by atoms with Gasteiger partial charge in [-0.25, -0.2) is 9.67 Å². The van der Waals surface area contributed by atoms with Crippen molar-refractivity contribution in [3.8, 4) is 5.82 Å². The molecule has 0 radical (unpaired) electrons. The Balaban J connectivity index is 1.35. The predicted octanol–water partition coefficient (Wildman–Crippen LogP) is 4.30. The van der Waals surface area contributed by atoms with Crippen molar-refractivity contribution in [2.24, 2.45) is 0 Å². The first kappa shape index (κ1) is 23.0. The number of nitrogens with one attached hydrogen (secondary N) is 1. The number of alkyl halides is 3. The molecule has 0 saturated carbocycles. The maximum atomic E-state index is 12.8. The van der Waals surface area contributed by atoms with Crippen molar-refractivity contribution in [2.45, 2.75) is 45.5 Å². The molecular weight excluding hydrogens is 431 g/mol. The lowest BCUT2D eigenvalue weighted by Gasteiger charge is -2.32. The van der Waals surface area contributed by atoms with Gasteiger partial charge in [0.25, 0.3) is 5.91 Å². The summed E-state index contributed by atoms with van der Waals surface area (Å²) in [6.07, 6.45) is -0.556. The minimum Gasteiger partial charge on any atom is -0.349 e. The van der Waals surface area contributed by atoms with Gasteiger partial charge in [-0.2, -0.15) is 18.3 Å². The maximum absolute atomic E-state index is 12.8. The van der Waals surface area contributed by atoms with E-state index in [-0.39, 0.29) is 17.8 Å². The van der Waals surface area contributed by atoms with Crippen LogP contribution in [0.4, 0.5) is 13.2 Å². The number of rotatable bonds is 5. The van der Waals surface area contributed by atoms with Crippen LogP contribution in [0, 0.1) is 13.8 Å². The summed E-state index contributed by atoms with van der Waals surface area (Å²) in [5.41, 5.74) is 2.68. The highest BCUT2D eigenvalue weighted by Gasteiger charge is 2.31. The number of piperidine rings is 1. The number of aromatic nitrogens is 3. The van der Waals surface area contributed by atoms with Crippen LogP contribution in [-0.2, 0) is 12.7 Å². The first-order chi connectivity index (χ1) is 15.7. The topological polar surface area (TPSA) is 63.1 Å². The molecule has 1 fully saturated rings. The van der Waals surface area contributed by atoms with Gasteiger partial charge in [-0.1, -0.05) is 24.3 Å². The number of benzene rings is 1. The fourth-order valence-corrected chi connectivity index (χ4v) is 4.07. The zero-order valence-electron chi connectivity index (χ0n) is 18.6. The first-order valence-corrected chi connectivity index (χ1v) is 10.9. The highest BCUT2D eigenvalue weighted by atomic mass is 19.4. The van der Waals surface area contributed by atoms with Gasteiger partial charge in [-0.05, 0) is 49.9 Å². The SMILES string of the molecule is Cc1ccccc1CN1CCC(NC(=O)c2cnn(-c3ccc(C(F)(F)F)cn3)c2C)CC1. The number of pyridine rings is 1. The molecule has 3 heterocycles. The number of aryl methyl sites for hydroxylation is 1. The van der Waals surface area contributed by atoms with E-state index >= 15 is 0 Å². The van der Waals surface area contributed by atoms with Crippen LogP contribution in [0.25, 0.3) is 5.82 Å². The molecular formula is C24H26F3N5O. The van der Waals surface area contributed by atoms with Crippen LogP contribution < -0.4 is 5.32 Å². The fourth-order valence-electron chi connectivity index (χ4n) is 4.07. The van der Waals surface area contributed by atoms with Crippen molar-refractivity contribution in [3.63, 3.8) is 0 Å². The summed E-state index contributed by atoms with van der Waals surface area (Å²) in [5.74, 6) is -0.00733. The van der Waals surface area contributed by atoms with E-state index in [4.69, 9.17) is 0 Å². The van der Waals surface area contributed by atoms with Crippen LogP contribution in [0.2, 0.25) is 0 Å². The average molecular weight is 458 g/mol. The zero-order valence-corrected chi connectivity index (χ0v) is 18.6. The molecule has 2 aromatic heterocycles. The van der Waals surface area contributed by atoms with Gasteiger partial charge in [0, 0.05) is 31.9 Å². The number of nitrogens with zero attached hydrogens (tertiary/aromatic N) is 4. The van der Waals surface area contributed by atoms with Gasteiger partial charge in [-0.3, -0.25) is 9.69 Å². The van der Waals surface area contributed by atoms with Gasteiger partial charge in [0.2, 0.25) is 0 Å². The fraction of sp³-hybridized carbons (Fsp3) is 0.375. The molecule has 1 aliphatic rings. The van der Waals surface area contributed by atoms with E-state index < -0.39 is 11.7 Å². The molecule has 4 rings (SSSR count). The Labute approximate surface area is 190 Å². The van der Waals surface area contributed by atoms with Gasteiger partial charge in [0.15, 0.2) is 5.82 Å². The highest BCUT2D eigenvalue weighted by molar-refractivity contribution is 5.95. The quantitative estimate of drug-likeness (QED) is 0.621. The van der Waals surface area contributed by atoms with E-state index in [1.807, 2.05) is 6.07 Å². The Morgan fingerprint density at radius 2 is 1.82 bits per heavy atom. The lowest BCUT2D eigenvalue weighted by Crippen LogP contribution is -2.44. The molecule has 3 aromatic rings. The van der Waals surface area contributed by atoms with Crippen molar-refractivity contribution < 1.29 is 18.0 Å². The van der Waals surface area contributed by atoms with Gasteiger partial charge < -0.3 is 5.32 Å². The van der Waals surface area contributed by atoms with Crippen LogP contribution in [-0.4, -0.2) is 44.7 Å². The smallest absolute Gasteiger partial charge is 0.349 e. The van der Waals surface area contributed by atoms with Crippen molar-refractivity contribution in [3.05, 3.63) is 76.7 Å². The van der Waals surface area contributed by atoms with Crippen LogP contribution >= 0.6 is 0 Å². The monoisotopic (exact) mass is 457 g/mol. The Hall–Kier alpha value is -3.20. The molecule has 0 aliphatic carbocycles. The number of amides is 1. The van der Waals surface area contributed by atoms with Crippen LogP contribution in [0.3, 0.4) is 0 Å². The second-order valence-corrected chi connectivity index (χ2v) is 8.41. The Morgan fingerprint density at radius 3 is 2.45 bits per heavy atom. The summed E-state index contributed by atoms with van der Waals surface area (Å²) < 4.78 is 39.7. The molecule has 0 unspecified atom stereocenters. The second kappa shape index (κ2) is 9.35. The third-order valence-corrected chi connectivity index (χ3v) is 6.12. The number of likely N-dealkylation sites (tertiary alicyclic amines) is 1. The third kappa shape index (κ3) is 5.24. The Bertz CT molecular complexity index is 1120. The summed E-state index contributed by atoms with van der Waals surface area (Å²) in [6, 6.07) is 10.6. The van der Waals surface area contributed by atoms with Crippen molar-refractivity contribution in [1.29, 1.82) is 0 Å². The molecule has 6 nitrogen and oxygen atoms in total. The lowest BCUT2D eigenvalue weighted by atomic mass is 10.0. The molecule has 1 amide bonds. The molecule has 9 heteroatoms. The van der Waals surface area contributed by atoms with Crippen molar-refractivity contribution in [2.75, 3.05) is 13.1 Å². The Morgan fingerprint density at radius 1 is 1.09 bits per heavy atom. The minimum atomic E-state index is -4.45. The zero-order chi connectivity index (χ0) is 23.6. The van der Waals surface area contributed by atoms with Gasteiger partial charge in [0.05, 0.1) is 23.0 Å². The van der Waals surface area contributed by atoms with E-state index in [1.165, 1.54) is 28.1 Å². The summed E-state index contributed by atoms with van der Waals surface area (Å²) in [4.78, 5) is 19.1. The van der Waals surface area contributed by atoms with E-state index in [0.29, 0.717) is 11.3 Å². The third-order valence-electron chi connectivity index (χ3n) is 6.12. The Kier molecular flexibility index (Phi) is 6.51. The van der Waals surface area contributed by atoms with Crippen molar-refractivity contribution >= 4 is 5.91 Å². The highest BCUT2D eigenvalue weighted by Crippen LogP contribution is 2.29. The van der Waals surface area contributed by atoms with E-state index in [2.05, 4.69) is 45.4 Å². The van der Waals surface area contributed by atoms with Crippen LogP contribution in [0.1, 0.15) is 45.6 Å². The van der Waals surface area contributed by atoms with Crippen LogP contribution in [0.15, 0.2) is 48.8 Å². The average Bonchev–Trinajstić information content (AvgIpc) is 3.17. The molecule has 1 aromatic carbocycles. The predicted molar refractivity (Wildman–Crippen MR) is 118 cm³/mol. The minimum absolute atomic E-state index is 0.0672. The van der Waals surface area contributed by atoms with E-state index in [0.717, 1.165) is 44.7 Å². The molecule has 0 spiro atoms. The molecule has 33 heavy (non-hydrogen) atoms. The molecule has 1 saturated heterocycles. The summed E-state index contributed by atoms with van der Waals surface area (Å²) in [7, 11) is 0. The molecule has 1 N–H and O–H groups in total. The lowest BCUT2D eigenvalue weighted by molar-refractivity contribution is -0.137. The number of carbonyl (C=O) groups excluding carboxylic acids is 1. The van der Waals surface area contributed by atoms with E-state index in [1.54, 1.807) is 6.92 Å². The largest absolute Gasteiger partial charge is 0.417 e. The van der Waals surface area contributed by atoms with Crippen molar-refractivity contribution in [1.82, 2.24) is 25.0 Å². The van der Waals surface area contributed by atoms with Crippen LogP contribution in [0.5, 0.6) is 0 Å². The molecule has 0 bridgehead atoms. The number of hydrogen-bond donors (Lipinski definition) is 1. The molecule has 0 atom stereocenters. The number of hydrogen-bond acceptors (Lipinski definition) is 4. The summed E-state index contributed by atoms with van der Waals surface area (Å²) in [5, 5.41) is 7.24. The first-order valence-electron chi connectivity index (χ1n) is 10.9. The van der Waals surface area contributed by atoms with Gasteiger partial charge >= 0.3 is 6.18 Å². The number of halogens is 3.